The lowest BCUT2D eigenvalue weighted by atomic mass is 10.2. The molecular weight excluding hydrogens is 382 g/mol. The number of hydrogen-bond acceptors (Lipinski definition) is 5. The van der Waals surface area contributed by atoms with Crippen LogP contribution in [0, 0.1) is 6.92 Å². The van der Waals surface area contributed by atoms with Crippen LogP contribution in [0.25, 0.3) is 11.4 Å². The van der Waals surface area contributed by atoms with Crippen LogP contribution in [0.15, 0.2) is 48.5 Å². The smallest absolute Gasteiger partial charge is 0.251 e. The van der Waals surface area contributed by atoms with Gasteiger partial charge in [-0.25, -0.2) is 4.98 Å². The molecule has 0 saturated heterocycles. The SMILES string of the molecule is CCCCOc1ccc(C(=O)NCC(=O)Nc2cccc(-c3n[nH]c(C)n3)c2)cc1. The van der Waals surface area contributed by atoms with Crippen molar-refractivity contribution in [3.8, 4) is 17.1 Å². The van der Waals surface area contributed by atoms with Crippen LogP contribution in [0.5, 0.6) is 5.75 Å². The lowest BCUT2D eigenvalue weighted by Gasteiger charge is -2.09. The summed E-state index contributed by atoms with van der Waals surface area (Å²) in [6.07, 6.45) is 2.05. The fraction of sp³-hybridized carbons (Fsp3) is 0.273. The number of amides is 2. The second-order valence-corrected chi connectivity index (χ2v) is 6.78. The molecule has 2 amide bonds. The van der Waals surface area contributed by atoms with E-state index in [0.29, 0.717) is 29.5 Å². The number of hydrogen-bond donors (Lipinski definition) is 3. The Balaban J connectivity index is 1.50. The molecule has 0 aliphatic carbocycles. The molecule has 8 nitrogen and oxygen atoms in total. The molecule has 0 fully saturated rings. The molecule has 0 atom stereocenters. The fourth-order valence-corrected chi connectivity index (χ4v) is 2.71. The Kier molecular flexibility index (Phi) is 7.15. The minimum Gasteiger partial charge on any atom is -0.494 e. The lowest BCUT2D eigenvalue weighted by molar-refractivity contribution is -0.115. The second-order valence-electron chi connectivity index (χ2n) is 6.78. The van der Waals surface area contributed by atoms with E-state index in [1.807, 2.05) is 13.0 Å². The highest BCUT2D eigenvalue weighted by Crippen LogP contribution is 2.19. The first-order chi connectivity index (χ1) is 14.5. The van der Waals surface area contributed by atoms with Crippen molar-refractivity contribution < 1.29 is 14.3 Å². The van der Waals surface area contributed by atoms with E-state index in [0.717, 1.165) is 24.2 Å². The van der Waals surface area contributed by atoms with Gasteiger partial charge in [-0.1, -0.05) is 25.5 Å². The normalized spacial score (nSPS) is 10.5. The molecule has 3 rings (SSSR count). The van der Waals surface area contributed by atoms with Crippen LogP contribution in [0.4, 0.5) is 5.69 Å². The lowest BCUT2D eigenvalue weighted by Crippen LogP contribution is -2.32. The quantitative estimate of drug-likeness (QED) is 0.472. The van der Waals surface area contributed by atoms with Crippen LogP contribution in [-0.4, -0.2) is 40.1 Å². The van der Waals surface area contributed by atoms with Gasteiger partial charge in [-0.05, 0) is 49.7 Å². The summed E-state index contributed by atoms with van der Waals surface area (Å²) in [6, 6.07) is 14.1. The number of nitrogens with one attached hydrogen (secondary N) is 3. The number of carbonyl (C=O) groups excluding carboxylic acids is 2. The predicted molar refractivity (Wildman–Crippen MR) is 114 cm³/mol. The minimum absolute atomic E-state index is 0.141. The summed E-state index contributed by atoms with van der Waals surface area (Å²) in [5.74, 6) is 1.34. The van der Waals surface area contributed by atoms with Gasteiger partial charge >= 0.3 is 0 Å². The van der Waals surface area contributed by atoms with E-state index >= 15 is 0 Å². The number of aromatic amines is 1. The Bertz CT molecular complexity index is 998. The molecule has 156 valence electrons. The van der Waals surface area contributed by atoms with Gasteiger partial charge in [-0.3, -0.25) is 14.7 Å². The number of anilines is 1. The molecule has 0 spiro atoms. The van der Waals surface area contributed by atoms with E-state index < -0.39 is 0 Å². The summed E-state index contributed by atoms with van der Waals surface area (Å²) in [5.41, 5.74) is 1.85. The van der Waals surface area contributed by atoms with Gasteiger partial charge in [-0.15, -0.1) is 0 Å². The van der Waals surface area contributed by atoms with E-state index in [2.05, 4.69) is 32.7 Å². The zero-order valence-corrected chi connectivity index (χ0v) is 17.1. The maximum absolute atomic E-state index is 12.3. The van der Waals surface area contributed by atoms with Gasteiger partial charge in [0.05, 0.1) is 13.2 Å². The molecule has 30 heavy (non-hydrogen) atoms. The first kappa shape index (κ1) is 21.0. The number of aromatic nitrogens is 3. The molecule has 3 aromatic rings. The van der Waals surface area contributed by atoms with Gasteiger partial charge in [0.25, 0.3) is 5.91 Å². The molecule has 1 aromatic heterocycles. The molecular formula is C22H25N5O3. The number of unbranched alkanes of at least 4 members (excludes halogenated alkanes) is 1. The van der Waals surface area contributed by atoms with E-state index in [-0.39, 0.29) is 18.4 Å². The number of ether oxygens (including phenoxy) is 1. The van der Waals surface area contributed by atoms with Crippen LogP contribution in [-0.2, 0) is 4.79 Å². The van der Waals surface area contributed by atoms with Crippen LogP contribution >= 0.6 is 0 Å². The van der Waals surface area contributed by atoms with Crippen molar-refractivity contribution in [2.24, 2.45) is 0 Å². The summed E-state index contributed by atoms with van der Waals surface area (Å²) in [5, 5.41) is 12.3. The molecule has 0 saturated carbocycles. The van der Waals surface area contributed by atoms with E-state index in [4.69, 9.17) is 4.74 Å². The highest BCUT2D eigenvalue weighted by molar-refractivity contribution is 5.99. The van der Waals surface area contributed by atoms with Crippen LogP contribution < -0.4 is 15.4 Å². The van der Waals surface area contributed by atoms with Gasteiger partial charge < -0.3 is 15.4 Å². The van der Waals surface area contributed by atoms with Crippen LogP contribution in [0.3, 0.4) is 0 Å². The Hall–Kier alpha value is -3.68. The Labute approximate surface area is 175 Å². The van der Waals surface area contributed by atoms with Crippen molar-refractivity contribution in [1.29, 1.82) is 0 Å². The molecule has 0 bridgehead atoms. The number of aryl methyl sites for hydroxylation is 1. The monoisotopic (exact) mass is 407 g/mol. The summed E-state index contributed by atoms with van der Waals surface area (Å²) >= 11 is 0. The van der Waals surface area contributed by atoms with Gasteiger partial charge in [-0.2, -0.15) is 5.10 Å². The Morgan fingerprint density at radius 1 is 1.13 bits per heavy atom. The Morgan fingerprint density at radius 2 is 1.93 bits per heavy atom. The third-order valence-electron chi connectivity index (χ3n) is 4.29. The zero-order chi connectivity index (χ0) is 21.3. The van der Waals surface area contributed by atoms with Crippen molar-refractivity contribution in [2.45, 2.75) is 26.7 Å². The second kappa shape index (κ2) is 10.2. The van der Waals surface area contributed by atoms with Crippen molar-refractivity contribution in [3.05, 3.63) is 59.9 Å². The summed E-state index contributed by atoms with van der Waals surface area (Å²) in [4.78, 5) is 28.8. The van der Waals surface area contributed by atoms with E-state index in [1.54, 1.807) is 42.5 Å². The van der Waals surface area contributed by atoms with Crippen molar-refractivity contribution >= 4 is 17.5 Å². The number of benzene rings is 2. The molecule has 8 heteroatoms. The summed E-state index contributed by atoms with van der Waals surface area (Å²) in [7, 11) is 0. The summed E-state index contributed by atoms with van der Waals surface area (Å²) < 4.78 is 5.58. The highest BCUT2D eigenvalue weighted by Gasteiger charge is 2.10. The standard InChI is InChI=1S/C22H25N5O3/c1-3-4-12-30-19-10-8-16(9-11-19)22(29)23-14-20(28)25-18-7-5-6-17(13-18)21-24-15(2)26-27-21/h5-11,13H,3-4,12,14H2,1-2H3,(H,23,29)(H,25,28)(H,24,26,27). The maximum Gasteiger partial charge on any atom is 0.251 e. The van der Waals surface area contributed by atoms with Gasteiger partial charge in [0.1, 0.15) is 11.6 Å². The highest BCUT2D eigenvalue weighted by atomic mass is 16.5. The van der Waals surface area contributed by atoms with Crippen LogP contribution in [0.1, 0.15) is 35.9 Å². The van der Waals surface area contributed by atoms with Gasteiger partial charge in [0.2, 0.25) is 5.91 Å². The average Bonchev–Trinajstić information content (AvgIpc) is 3.19. The average molecular weight is 407 g/mol. The molecule has 3 N–H and O–H groups in total. The minimum atomic E-state index is -0.328. The van der Waals surface area contributed by atoms with E-state index in [1.165, 1.54) is 0 Å². The van der Waals surface area contributed by atoms with Crippen molar-refractivity contribution in [2.75, 3.05) is 18.5 Å². The maximum atomic E-state index is 12.3. The number of H-pyrrole nitrogens is 1. The topological polar surface area (TPSA) is 109 Å². The molecule has 1 heterocycles. The largest absolute Gasteiger partial charge is 0.494 e. The summed E-state index contributed by atoms with van der Waals surface area (Å²) in [6.45, 7) is 4.43. The van der Waals surface area contributed by atoms with Crippen molar-refractivity contribution in [1.82, 2.24) is 20.5 Å². The fourth-order valence-electron chi connectivity index (χ4n) is 2.71. The molecule has 0 unspecified atom stereocenters. The first-order valence-electron chi connectivity index (χ1n) is 9.85. The zero-order valence-electron chi connectivity index (χ0n) is 17.1. The van der Waals surface area contributed by atoms with Crippen LogP contribution in [0.2, 0.25) is 0 Å². The van der Waals surface area contributed by atoms with Gasteiger partial charge in [0.15, 0.2) is 5.82 Å². The number of rotatable bonds is 9. The molecule has 0 aliphatic rings. The molecule has 2 aromatic carbocycles. The van der Waals surface area contributed by atoms with Gasteiger partial charge in [0, 0.05) is 16.8 Å². The Morgan fingerprint density at radius 3 is 2.63 bits per heavy atom. The van der Waals surface area contributed by atoms with E-state index in [9.17, 15) is 9.59 Å². The predicted octanol–water partition coefficient (Wildman–Crippen LogP) is 3.33. The molecule has 0 radical (unpaired) electrons. The molecule has 0 aliphatic heterocycles. The number of nitrogens with zero attached hydrogens (tertiary/aromatic N) is 2. The third kappa shape index (κ3) is 5.91. The first-order valence-corrected chi connectivity index (χ1v) is 9.85. The third-order valence-corrected chi connectivity index (χ3v) is 4.29. The van der Waals surface area contributed by atoms with Crippen molar-refractivity contribution in [3.63, 3.8) is 0 Å². The number of carbonyl (C=O) groups is 2.